The Kier molecular flexibility index (Phi) is 7.48. The van der Waals surface area contributed by atoms with Crippen LogP contribution >= 0.6 is 11.8 Å². The molecule has 1 rings (SSSR count). The molecule has 17 heavy (non-hydrogen) atoms. The number of nitrogens with one attached hydrogen (secondary N) is 1. The van der Waals surface area contributed by atoms with Gasteiger partial charge in [0.15, 0.2) is 0 Å². The molecule has 0 fully saturated rings. The molecule has 2 N–H and O–H groups in total. The number of aliphatic hydroxyl groups is 1. The van der Waals surface area contributed by atoms with Gasteiger partial charge in [0.05, 0.1) is 11.6 Å². The molecule has 0 amide bonds. The van der Waals surface area contributed by atoms with Crippen LogP contribution in [0.5, 0.6) is 0 Å². The molecular weight excluding hydrogens is 232 g/mol. The summed E-state index contributed by atoms with van der Waals surface area (Å²) in [4.78, 5) is 0. The molecule has 92 valence electrons. The summed E-state index contributed by atoms with van der Waals surface area (Å²) in [6, 6.07) is 9.79. The lowest BCUT2D eigenvalue weighted by Crippen LogP contribution is -2.16. The van der Waals surface area contributed by atoms with Gasteiger partial charge < -0.3 is 10.4 Å². The highest BCUT2D eigenvalue weighted by atomic mass is 32.2. The zero-order valence-electron chi connectivity index (χ0n) is 9.85. The molecule has 0 radical (unpaired) electrons. The summed E-state index contributed by atoms with van der Waals surface area (Å²) >= 11 is 1.85. The Labute approximate surface area is 107 Å². The summed E-state index contributed by atoms with van der Waals surface area (Å²) in [5, 5.41) is 20.7. The molecule has 0 unspecified atom stereocenters. The first-order valence-electron chi connectivity index (χ1n) is 5.75. The number of aliphatic hydroxyl groups excluding tert-OH is 1. The first kappa shape index (κ1) is 14.0. The third-order valence-corrected chi connectivity index (χ3v) is 3.33. The van der Waals surface area contributed by atoms with E-state index in [0.29, 0.717) is 5.56 Å². The van der Waals surface area contributed by atoms with Crippen molar-refractivity contribution in [1.82, 2.24) is 5.32 Å². The van der Waals surface area contributed by atoms with E-state index in [0.717, 1.165) is 36.6 Å². The van der Waals surface area contributed by atoms with E-state index in [4.69, 9.17) is 10.4 Å². The van der Waals surface area contributed by atoms with Crippen LogP contribution in [0.15, 0.2) is 24.3 Å². The smallest absolute Gasteiger partial charge is 0.0991 e. The molecule has 0 aliphatic heterocycles. The van der Waals surface area contributed by atoms with Gasteiger partial charge in [0, 0.05) is 25.4 Å². The number of thioether (sulfide) groups is 1. The van der Waals surface area contributed by atoms with Crippen LogP contribution in [-0.2, 0) is 6.54 Å². The molecule has 0 aliphatic carbocycles. The largest absolute Gasteiger partial charge is 0.396 e. The van der Waals surface area contributed by atoms with Crippen LogP contribution < -0.4 is 5.32 Å². The molecule has 0 bridgehead atoms. The molecule has 0 spiro atoms. The minimum atomic E-state index is 0.279. The van der Waals surface area contributed by atoms with Gasteiger partial charge in [-0.3, -0.25) is 0 Å². The van der Waals surface area contributed by atoms with Gasteiger partial charge in [0.1, 0.15) is 0 Å². The average molecular weight is 250 g/mol. The lowest BCUT2D eigenvalue weighted by molar-refractivity contribution is 0.296. The van der Waals surface area contributed by atoms with Crippen molar-refractivity contribution >= 4 is 11.8 Å². The molecule has 0 atom stereocenters. The fourth-order valence-corrected chi connectivity index (χ4v) is 2.22. The van der Waals surface area contributed by atoms with Crippen LogP contribution in [0.1, 0.15) is 17.5 Å². The summed E-state index contributed by atoms with van der Waals surface area (Å²) < 4.78 is 0. The fraction of sp³-hybridized carbons (Fsp3) is 0.462. The molecule has 0 saturated heterocycles. The summed E-state index contributed by atoms with van der Waals surface area (Å²) in [5.74, 6) is 2.07. The molecular formula is C13H18N2OS. The second-order valence-corrected chi connectivity index (χ2v) is 4.90. The molecule has 3 nitrogen and oxygen atoms in total. The van der Waals surface area contributed by atoms with E-state index in [1.165, 1.54) is 0 Å². The molecule has 0 aromatic heterocycles. The van der Waals surface area contributed by atoms with Gasteiger partial charge in [-0.2, -0.15) is 17.0 Å². The maximum Gasteiger partial charge on any atom is 0.0991 e. The van der Waals surface area contributed by atoms with Crippen molar-refractivity contribution in [2.24, 2.45) is 0 Å². The van der Waals surface area contributed by atoms with E-state index in [1.54, 1.807) is 0 Å². The van der Waals surface area contributed by atoms with E-state index >= 15 is 0 Å². The zero-order valence-corrected chi connectivity index (χ0v) is 10.7. The first-order valence-corrected chi connectivity index (χ1v) is 6.90. The van der Waals surface area contributed by atoms with Gasteiger partial charge in [-0.1, -0.05) is 12.1 Å². The Morgan fingerprint density at radius 2 is 2.24 bits per heavy atom. The van der Waals surface area contributed by atoms with Crippen LogP contribution in [0, 0.1) is 11.3 Å². The van der Waals surface area contributed by atoms with E-state index in [1.807, 2.05) is 36.0 Å². The van der Waals surface area contributed by atoms with E-state index in [-0.39, 0.29) is 6.61 Å². The van der Waals surface area contributed by atoms with Gasteiger partial charge in [0.2, 0.25) is 0 Å². The molecule has 0 saturated carbocycles. The van der Waals surface area contributed by atoms with Crippen LogP contribution in [0.3, 0.4) is 0 Å². The number of hydrogen-bond donors (Lipinski definition) is 2. The highest BCUT2D eigenvalue weighted by Crippen LogP contribution is 2.04. The number of nitrogens with zero attached hydrogens (tertiary/aromatic N) is 1. The Bertz CT molecular complexity index is 363. The maximum atomic E-state index is 8.76. The topological polar surface area (TPSA) is 56.0 Å². The van der Waals surface area contributed by atoms with E-state index < -0.39 is 0 Å². The second-order valence-electron chi connectivity index (χ2n) is 3.68. The van der Waals surface area contributed by atoms with Crippen LogP contribution in [-0.4, -0.2) is 29.8 Å². The van der Waals surface area contributed by atoms with Crippen LogP contribution in [0.2, 0.25) is 0 Å². The Hall–Kier alpha value is -1.02. The van der Waals surface area contributed by atoms with Crippen molar-refractivity contribution in [3.8, 4) is 6.07 Å². The fourth-order valence-electron chi connectivity index (χ4n) is 1.40. The van der Waals surface area contributed by atoms with Crippen LogP contribution in [0.25, 0.3) is 0 Å². The average Bonchev–Trinajstić information content (AvgIpc) is 2.38. The number of rotatable bonds is 8. The van der Waals surface area contributed by atoms with Crippen LogP contribution in [0.4, 0.5) is 0 Å². The summed E-state index contributed by atoms with van der Waals surface area (Å²) in [7, 11) is 0. The monoisotopic (exact) mass is 250 g/mol. The quantitative estimate of drug-likeness (QED) is 0.690. The van der Waals surface area contributed by atoms with Gasteiger partial charge >= 0.3 is 0 Å². The molecule has 0 aliphatic rings. The summed E-state index contributed by atoms with van der Waals surface area (Å²) in [5.41, 5.74) is 1.85. The van der Waals surface area contributed by atoms with Gasteiger partial charge in [-0.15, -0.1) is 0 Å². The third-order valence-electron chi connectivity index (χ3n) is 2.26. The number of benzene rings is 1. The van der Waals surface area contributed by atoms with Crippen molar-refractivity contribution in [2.75, 3.05) is 24.7 Å². The van der Waals surface area contributed by atoms with E-state index in [2.05, 4.69) is 11.4 Å². The second kappa shape index (κ2) is 9.06. The normalized spacial score (nSPS) is 10.1. The predicted molar refractivity (Wildman–Crippen MR) is 71.9 cm³/mol. The van der Waals surface area contributed by atoms with Crippen molar-refractivity contribution in [3.63, 3.8) is 0 Å². The molecule has 4 heteroatoms. The van der Waals surface area contributed by atoms with Crippen molar-refractivity contribution in [1.29, 1.82) is 5.26 Å². The van der Waals surface area contributed by atoms with Gasteiger partial charge in [0.25, 0.3) is 0 Å². The summed E-state index contributed by atoms with van der Waals surface area (Å²) in [6.45, 7) is 2.03. The Balaban J connectivity index is 2.12. The van der Waals surface area contributed by atoms with Crippen molar-refractivity contribution in [2.45, 2.75) is 13.0 Å². The summed E-state index contributed by atoms with van der Waals surface area (Å²) in [6.07, 6.45) is 0.870. The lowest BCUT2D eigenvalue weighted by Gasteiger charge is -2.05. The molecule has 0 heterocycles. The highest BCUT2D eigenvalue weighted by Gasteiger charge is 1.95. The minimum Gasteiger partial charge on any atom is -0.396 e. The third kappa shape index (κ3) is 6.32. The Morgan fingerprint density at radius 3 is 3.00 bits per heavy atom. The van der Waals surface area contributed by atoms with E-state index in [9.17, 15) is 0 Å². The van der Waals surface area contributed by atoms with Crippen molar-refractivity contribution in [3.05, 3.63) is 35.4 Å². The minimum absolute atomic E-state index is 0.279. The maximum absolute atomic E-state index is 8.76. The Morgan fingerprint density at radius 1 is 1.35 bits per heavy atom. The molecule has 1 aromatic carbocycles. The van der Waals surface area contributed by atoms with Crippen molar-refractivity contribution < 1.29 is 5.11 Å². The first-order chi connectivity index (χ1) is 8.36. The number of hydrogen-bond acceptors (Lipinski definition) is 4. The zero-order chi connectivity index (χ0) is 12.3. The van der Waals surface area contributed by atoms with Gasteiger partial charge in [-0.25, -0.2) is 0 Å². The molecule has 1 aromatic rings. The SMILES string of the molecule is N#Cc1cccc(CNCCSCCCO)c1. The number of nitriles is 1. The van der Waals surface area contributed by atoms with Gasteiger partial charge in [-0.05, 0) is 29.9 Å². The highest BCUT2D eigenvalue weighted by molar-refractivity contribution is 7.99. The predicted octanol–water partition coefficient (Wildman–Crippen LogP) is 1.76. The standard InChI is InChI=1S/C13H18N2OS/c14-10-12-3-1-4-13(9-12)11-15-5-8-17-7-2-6-16/h1,3-4,9,15-16H,2,5-8,11H2. The lowest BCUT2D eigenvalue weighted by atomic mass is 10.1.